The summed E-state index contributed by atoms with van der Waals surface area (Å²) < 4.78 is 1.26. The monoisotopic (exact) mass is 283 g/mol. The number of hydrogen-bond acceptors (Lipinski definition) is 0. The maximum atomic E-state index is 5.86. The summed E-state index contributed by atoms with van der Waals surface area (Å²) in [6, 6.07) is 0. The van der Waals surface area contributed by atoms with E-state index in [0.717, 1.165) is 6.42 Å². The molecule has 1 aliphatic rings. The first-order valence-electron chi connectivity index (χ1n) is 3.61. The molecule has 1 rings (SSSR count). The Kier molecular flexibility index (Phi) is 4.80. The van der Waals surface area contributed by atoms with Gasteiger partial charge in [-0.05, 0) is 0 Å². The van der Waals surface area contributed by atoms with Crippen molar-refractivity contribution in [1.29, 1.82) is 0 Å². The van der Waals surface area contributed by atoms with E-state index >= 15 is 0 Å². The zero-order valence-electron chi connectivity index (χ0n) is 6.13. The van der Waals surface area contributed by atoms with E-state index in [-0.39, 0.29) is 0 Å². The van der Waals surface area contributed by atoms with Crippen LogP contribution in [-0.2, 0) is 14.7 Å². The van der Waals surface area contributed by atoms with Gasteiger partial charge in [0.25, 0.3) is 0 Å². The molecule has 0 bridgehead atoms. The van der Waals surface area contributed by atoms with Crippen LogP contribution < -0.4 is 0 Å². The molecule has 0 amide bonds. The fraction of sp³-hybridized carbons (Fsp3) is 0.500. The van der Waals surface area contributed by atoms with Gasteiger partial charge in [-0.15, -0.1) is 0 Å². The molecule has 0 radical (unpaired) electrons. The van der Waals surface area contributed by atoms with E-state index in [1.165, 1.54) is 23.3 Å². The van der Waals surface area contributed by atoms with Gasteiger partial charge in [-0.1, -0.05) is 0 Å². The number of halogens is 2. The third-order valence-corrected chi connectivity index (χ3v) is 4.80. The van der Waals surface area contributed by atoms with Crippen LogP contribution in [0.3, 0.4) is 0 Å². The van der Waals surface area contributed by atoms with Gasteiger partial charge in [-0.3, -0.25) is 0 Å². The van der Waals surface area contributed by atoms with Crippen LogP contribution >= 0.6 is 19.1 Å². The van der Waals surface area contributed by atoms with Crippen LogP contribution in [0.15, 0.2) is 22.3 Å². The number of rotatable bonds is 1. The van der Waals surface area contributed by atoms with Crippen molar-refractivity contribution in [1.82, 2.24) is 0 Å². The van der Waals surface area contributed by atoms with Crippen LogP contribution in [0, 0.1) is 0 Å². The fourth-order valence-corrected chi connectivity index (χ4v) is 3.08. The second-order valence-electron chi connectivity index (χ2n) is 2.41. The topological polar surface area (TPSA) is 0 Å². The molecule has 0 aromatic rings. The molecule has 0 saturated heterocycles. The molecule has 0 unspecified atom stereocenters. The maximum absolute atomic E-state index is 5.86. The van der Waals surface area contributed by atoms with Crippen LogP contribution in [-0.4, -0.2) is 0 Å². The summed E-state index contributed by atoms with van der Waals surface area (Å²) in [4.78, 5) is 0. The van der Waals surface area contributed by atoms with Gasteiger partial charge in [0.1, 0.15) is 0 Å². The van der Waals surface area contributed by atoms with Gasteiger partial charge >= 0.3 is 81.7 Å². The number of hydrogen-bond donors (Lipinski definition) is 0. The molecule has 0 saturated carbocycles. The molecule has 1 aliphatic carbocycles. The van der Waals surface area contributed by atoms with Crippen molar-refractivity contribution < 1.29 is 14.7 Å². The van der Waals surface area contributed by atoms with E-state index in [0.29, 0.717) is 0 Å². The van der Waals surface area contributed by atoms with E-state index in [1.807, 2.05) is 0 Å². The summed E-state index contributed by atoms with van der Waals surface area (Å²) in [7, 11) is 11.7. The molecule has 67 valence electrons. The van der Waals surface area contributed by atoms with Crippen molar-refractivity contribution in [3.63, 3.8) is 0 Å². The second kappa shape index (κ2) is 5.38. The Balaban J connectivity index is 2.58. The summed E-state index contributed by atoms with van der Waals surface area (Å²) in [5.74, 6) is 0. The third kappa shape index (κ3) is 3.76. The Hall–Kier alpha value is 0.722. The molecule has 3 heteroatoms. The molecule has 0 aliphatic heterocycles. The molecule has 0 spiro atoms. The zero-order valence-corrected chi connectivity index (χ0v) is 9.20. The Labute approximate surface area is 81.5 Å². The SMILES string of the molecule is [Cl][Pd]([Cl])/[C]1=C/C=C\CCCC1. The van der Waals surface area contributed by atoms with E-state index in [2.05, 4.69) is 18.2 Å². The molecular weight excluding hydrogens is 273 g/mol. The minimum absolute atomic E-state index is 1.10. The quantitative estimate of drug-likeness (QED) is 0.640. The van der Waals surface area contributed by atoms with Gasteiger partial charge < -0.3 is 0 Å². The molecule has 0 atom stereocenters. The van der Waals surface area contributed by atoms with Gasteiger partial charge in [-0.2, -0.15) is 0 Å². The van der Waals surface area contributed by atoms with Crippen molar-refractivity contribution in [2.75, 3.05) is 0 Å². The van der Waals surface area contributed by atoms with Crippen molar-refractivity contribution in [2.45, 2.75) is 25.7 Å². The summed E-state index contributed by atoms with van der Waals surface area (Å²) in [5, 5.41) is 0. The van der Waals surface area contributed by atoms with Crippen LogP contribution in [0.1, 0.15) is 25.7 Å². The summed E-state index contributed by atoms with van der Waals surface area (Å²) in [6.45, 7) is 0. The Morgan fingerprint density at radius 1 is 1.27 bits per heavy atom. The normalized spacial score (nSPS) is 27.8. The molecule has 0 aromatic carbocycles. The molecule has 11 heavy (non-hydrogen) atoms. The average molecular weight is 285 g/mol. The summed E-state index contributed by atoms with van der Waals surface area (Å²) in [5.41, 5.74) is 0. The zero-order chi connectivity index (χ0) is 8.10. The number of allylic oxidation sites excluding steroid dienone is 4. The van der Waals surface area contributed by atoms with Crippen molar-refractivity contribution in [3.05, 3.63) is 22.3 Å². The van der Waals surface area contributed by atoms with Gasteiger partial charge in [-0.25, -0.2) is 0 Å². The van der Waals surface area contributed by atoms with Gasteiger partial charge in [0.2, 0.25) is 0 Å². The summed E-state index contributed by atoms with van der Waals surface area (Å²) in [6.07, 6.45) is 11.1. The van der Waals surface area contributed by atoms with Crippen molar-refractivity contribution in [3.8, 4) is 0 Å². The van der Waals surface area contributed by atoms with Crippen molar-refractivity contribution >= 4 is 19.1 Å². The summed E-state index contributed by atoms with van der Waals surface area (Å²) >= 11 is -1.35. The van der Waals surface area contributed by atoms with E-state index in [1.54, 1.807) is 0 Å². The Morgan fingerprint density at radius 3 is 2.82 bits per heavy atom. The van der Waals surface area contributed by atoms with E-state index in [9.17, 15) is 0 Å². The molecule has 0 heterocycles. The average Bonchev–Trinajstić information content (AvgIpc) is 1.84. The van der Waals surface area contributed by atoms with Gasteiger partial charge in [0.15, 0.2) is 0 Å². The third-order valence-electron chi connectivity index (χ3n) is 1.58. The minimum atomic E-state index is -1.35. The fourth-order valence-electron chi connectivity index (χ4n) is 0.991. The Bertz CT molecular complexity index is 173. The van der Waals surface area contributed by atoms with E-state index < -0.39 is 14.7 Å². The first-order valence-corrected chi connectivity index (χ1v) is 8.40. The molecular formula is C8H11Cl2Pd. The molecule has 0 N–H and O–H groups in total. The standard InChI is InChI=1S/C8H11.2ClH.Pd/c1-2-4-6-8-7-5-3-1;;;/h1-3H,4,6-8H2;2*1H;/q;;;+2/p-2/b2-1-,5-3?;;;. The molecule has 0 fully saturated rings. The van der Waals surface area contributed by atoms with E-state index in [4.69, 9.17) is 19.1 Å². The van der Waals surface area contributed by atoms with Crippen LogP contribution in [0.5, 0.6) is 0 Å². The first kappa shape index (κ1) is 9.81. The van der Waals surface area contributed by atoms with Crippen LogP contribution in [0.2, 0.25) is 0 Å². The second-order valence-corrected chi connectivity index (χ2v) is 7.77. The first-order chi connectivity index (χ1) is 5.30. The molecule has 0 nitrogen and oxygen atoms in total. The van der Waals surface area contributed by atoms with Gasteiger partial charge in [0.05, 0.1) is 0 Å². The Morgan fingerprint density at radius 2 is 2.09 bits per heavy atom. The molecule has 0 aromatic heterocycles. The van der Waals surface area contributed by atoms with Crippen LogP contribution in [0.4, 0.5) is 0 Å². The van der Waals surface area contributed by atoms with Crippen LogP contribution in [0.25, 0.3) is 0 Å². The van der Waals surface area contributed by atoms with Crippen molar-refractivity contribution in [2.24, 2.45) is 0 Å². The predicted octanol–water partition coefficient (Wildman–Crippen LogP) is 3.93. The predicted molar refractivity (Wildman–Crippen MR) is 47.4 cm³/mol. The van der Waals surface area contributed by atoms with Gasteiger partial charge in [0, 0.05) is 0 Å².